The standard InChI is InChI=1S/C12H19NO3/c1-4-12(2,11(14)15)9-13(3)8-10-6-5-7-16-10/h5-7H,4,8-9H2,1-3H3,(H,14,15). The van der Waals surface area contributed by atoms with Crippen molar-refractivity contribution in [1.82, 2.24) is 4.90 Å². The molecule has 16 heavy (non-hydrogen) atoms. The number of aliphatic carboxylic acids is 1. The van der Waals surface area contributed by atoms with Crippen LogP contribution in [-0.4, -0.2) is 29.6 Å². The van der Waals surface area contributed by atoms with Gasteiger partial charge in [-0.15, -0.1) is 0 Å². The Bertz CT molecular complexity index is 334. The number of nitrogens with zero attached hydrogens (tertiary/aromatic N) is 1. The van der Waals surface area contributed by atoms with Crippen molar-refractivity contribution in [3.05, 3.63) is 24.2 Å². The Morgan fingerprint density at radius 3 is 2.75 bits per heavy atom. The summed E-state index contributed by atoms with van der Waals surface area (Å²) in [6, 6.07) is 3.72. The van der Waals surface area contributed by atoms with Crippen LogP contribution in [0.3, 0.4) is 0 Å². The molecule has 0 fully saturated rings. The van der Waals surface area contributed by atoms with E-state index < -0.39 is 11.4 Å². The zero-order valence-electron chi connectivity index (χ0n) is 10.1. The van der Waals surface area contributed by atoms with Crippen LogP contribution in [0.5, 0.6) is 0 Å². The second kappa shape index (κ2) is 5.16. The van der Waals surface area contributed by atoms with Crippen LogP contribution in [-0.2, 0) is 11.3 Å². The zero-order valence-corrected chi connectivity index (χ0v) is 10.1. The SMILES string of the molecule is CCC(C)(CN(C)Cc1ccco1)C(=O)O. The molecular formula is C12H19NO3. The molecule has 0 radical (unpaired) electrons. The lowest BCUT2D eigenvalue weighted by molar-refractivity contribution is -0.149. The van der Waals surface area contributed by atoms with Crippen molar-refractivity contribution in [1.29, 1.82) is 0 Å². The molecule has 0 spiro atoms. The van der Waals surface area contributed by atoms with Gasteiger partial charge in [0, 0.05) is 6.54 Å². The largest absolute Gasteiger partial charge is 0.481 e. The van der Waals surface area contributed by atoms with Gasteiger partial charge in [-0.2, -0.15) is 0 Å². The third-order valence-corrected chi connectivity index (χ3v) is 2.92. The molecule has 0 amide bonds. The summed E-state index contributed by atoms with van der Waals surface area (Å²) in [6.45, 7) is 4.82. The number of hydrogen-bond donors (Lipinski definition) is 1. The average Bonchev–Trinajstić information content (AvgIpc) is 2.69. The summed E-state index contributed by atoms with van der Waals surface area (Å²) >= 11 is 0. The fourth-order valence-electron chi connectivity index (χ4n) is 1.65. The Labute approximate surface area is 95.9 Å². The van der Waals surface area contributed by atoms with Crippen molar-refractivity contribution >= 4 is 5.97 Å². The van der Waals surface area contributed by atoms with Crippen molar-refractivity contribution in [3.63, 3.8) is 0 Å². The van der Waals surface area contributed by atoms with Crippen molar-refractivity contribution in [2.75, 3.05) is 13.6 Å². The Hall–Kier alpha value is -1.29. The molecule has 1 atom stereocenters. The van der Waals surface area contributed by atoms with Gasteiger partial charge >= 0.3 is 5.97 Å². The minimum atomic E-state index is -0.749. The quantitative estimate of drug-likeness (QED) is 0.806. The lowest BCUT2D eigenvalue weighted by Crippen LogP contribution is -2.38. The van der Waals surface area contributed by atoms with Gasteiger partial charge in [0.25, 0.3) is 0 Å². The zero-order chi connectivity index (χ0) is 12.2. The molecule has 0 aromatic carbocycles. The van der Waals surface area contributed by atoms with Gasteiger partial charge in [0.1, 0.15) is 5.76 Å². The maximum atomic E-state index is 11.1. The number of rotatable bonds is 6. The lowest BCUT2D eigenvalue weighted by Gasteiger charge is -2.28. The highest BCUT2D eigenvalue weighted by atomic mass is 16.4. The van der Waals surface area contributed by atoms with Crippen molar-refractivity contribution < 1.29 is 14.3 Å². The second-order valence-electron chi connectivity index (χ2n) is 4.47. The molecule has 1 aromatic heterocycles. The van der Waals surface area contributed by atoms with Gasteiger partial charge in [0.15, 0.2) is 0 Å². The molecule has 1 heterocycles. The first-order valence-corrected chi connectivity index (χ1v) is 5.42. The van der Waals surface area contributed by atoms with Crippen molar-refractivity contribution in [2.45, 2.75) is 26.8 Å². The Morgan fingerprint density at radius 2 is 2.31 bits per heavy atom. The fraction of sp³-hybridized carbons (Fsp3) is 0.583. The van der Waals surface area contributed by atoms with Gasteiger partial charge in [-0.25, -0.2) is 0 Å². The highest BCUT2D eigenvalue weighted by molar-refractivity contribution is 5.74. The monoisotopic (exact) mass is 225 g/mol. The topological polar surface area (TPSA) is 53.7 Å². The van der Waals surface area contributed by atoms with E-state index in [1.165, 1.54) is 0 Å². The van der Waals surface area contributed by atoms with Gasteiger partial charge < -0.3 is 9.52 Å². The van der Waals surface area contributed by atoms with E-state index in [1.54, 1.807) is 13.2 Å². The summed E-state index contributed by atoms with van der Waals surface area (Å²) in [5, 5.41) is 9.16. The summed E-state index contributed by atoms with van der Waals surface area (Å²) < 4.78 is 5.22. The number of carbonyl (C=O) groups is 1. The first-order valence-electron chi connectivity index (χ1n) is 5.42. The molecule has 0 aliphatic heterocycles. The second-order valence-corrected chi connectivity index (χ2v) is 4.47. The molecule has 4 nitrogen and oxygen atoms in total. The van der Waals surface area contributed by atoms with Crippen LogP contribution < -0.4 is 0 Å². The minimum Gasteiger partial charge on any atom is -0.481 e. The number of carboxylic acid groups (broad SMARTS) is 1. The molecule has 90 valence electrons. The summed E-state index contributed by atoms with van der Waals surface area (Å²) in [6.07, 6.45) is 2.24. The normalized spacial score (nSPS) is 15.0. The van der Waals surface area contributed by atoms with E-state index in [9.17, 15) is 4.79 Å². The van der Waals surface area contributed by atoms with E-state index in [1.807, 2.05) is 31.0 Å². The van der Waals surface area contributed by atoms with Crippen LogP contribution in [0.25, 0.3) is 0 Å². The molecule has 1 aromatic rings. The molecule has 0 bridgehead atoms. The predicted octanol–water partition coefficient (Wildman–Crippen LogP) is 2.21. The van der Waals surface area contributed by atoms with Gasteiger partial charge in [-0.05, 0) is 32.5 Å². The van der Waals surface area contributed by atoms with E-state index in [2.05, 4.69) is 0 Å². The maximum Gasteiger partial charge on any atom is 0.310 e. The molecular weight excluding hydrogens is 206 g/mol. The smallest absolute Gasteiger partial charge is 0.310 e. The highest BCUT2D eigenvalue weighted by Gasteiger charge is 2.32. The summed E-state index contributed by atoms with van der Waals surface area (Å²) in [4.78, 5) is 13.1. The molecule has 4 heteroatoms. The van der Waals surface area contributed by atoms with Crippen molar-refractivity contribution in [3.8, 4) is 0 Å². The van der Waals surface area contributed by atoms with Crippen LogP contribution in [0.15, 0.2) is 22.8 Å². The van der Waals surface area contributed by atoms with Crippen molar-refractivity contribution in [2.24, 2.45) is 5.41 Å². The van der Waals surface area contributed by atoms with Gasteiger partial charge in [0.05, 0.1) is 18.2 Å². The summed E-state index contributed by atoms with van der Waals surface area (Å²) in [7, 11) is 1.90. The third kappa shape index (κ3) is 3.10. The van der Waals surface area contributed by atoms with E-state index >= 15 is 0 Å². The molecule has 0 aliphatic rings. The lowest BCUT2D eigenvalue weighted by atomic mass is 9.87. The number of furan rings is 1. The van der Waals surface area contributed by atoms with E-state index in [-0.39, 0.29) is 0 Å². The third-order valence-electron chi connectivity index (χ3n) is 2.92. The maximum absolute atomic E-state index is 11.1. The Kier molecular flexibility index (Phi) is 4.12. The molecule has 1 unspecified atom stereocenters. The molecule has 1 rings (SSSR count). The van der Waals surface area contributed by atoms with Gasteiger partial charge in [-0.3, -0.25) is 9.69 Å². The Morgan fingerprint density at radius 1 is 1.62 bits per heavy atom. The molecule has 0 aliphatic carbocycles. The van der Waals surface area contributed by atoms with E-state index in [0.717, 1.165) is 5.76 Å². The molecule has 0 saturated carbocycles. The first-order chi connectivity index (χ1) is 7.48. The highest BCUT2D eigenvalue weighted by Crippen LogP contribution is 2.23. The molecule has 0 saturated heterocycles. The first kappa shape index (κ1) is 12.8. The van der Waals surface area contributed by atoms with Gasteiger partial charge in [-0.1, -0.05) is 6.92 Å². The van der Waals surface area contributed by atoms with Crippen LogP contribution in [0.4, 0.5) is 0 Å². The Balaban J connectivity index is 2.56. The number of hydrogen-bond acceptors (Lipinski definition) is 3. The predicted molar refractivity (Wildman–Crippen MR) is 61.1 cm³/mol. The number of carboxylic acids is 1. The van der Waals surface area contributed by atoms with Crippen LogP contribution in [0.1, 0.15) is 26.0 Å². The minimum absolute atomic E-state index is 0.513. The van der Waals surface area contributed by atoms with E-state index in [0.29, 0.717) is 19.5 Å². The van der Waals surface area contributed by atoms with Crippen LogP contribution in [0, 0.1) is 5.41 Å². The average molecular weight is 225 g/mol. The van der Waals surface area contributed by atoms with Crippen LogP contribution >= 0.6 is 0 Å². The summed E-state index contributed by atoms with van der Waals surface area (Å²) in [5.74, 6) is 0.104. The summed E-state index contributed by atoms with van der Waals surface area (Å²) in [5.41, 5.74) is -0.693. The van der Waals surface area contributed by atoms with Gasteiger partial charge in [0.2, 0.25) is 0 Å². The fourth-order valence-corrected chi connectivity index (χ4v) is 1.65. The van der Waals surface area contributed by atoms with Crippen LogP contribution in [0.2, 0.25) is 0 Å². The molecule has 1 N–H and O–H groups in total. The van der Waals surface area contributed by atoms with E-state index in [4.69, 9.17) is 9.52 Å².